The summed E-state index contributed by atoms with van der Waals surface area (Å²) in [5, 5.41) is 8.28. The van der Waals surface area contributed by atoms with Crippen LogP contribution < -0.4 is 10.6 Å². The first kappa shape index (κ1) is 16.6. The van der Waals surface area contributed by atoms with E-state index in [1.165, 1.54) is 24.8 Å². The van der Waals surface area contributed by atoms with Crippen LogP contribution in [-0.2, 0) is 6.54 Å². The monoisotopic (exact) mass is 324 g/mol. The first-order chi connectivity index (χ1) is 9.84. The fourth-order valence-electron chi connectivity index (χ4n) is 3.48. The summed E-state index contributed by atoms with van der Waals surface area (Å²) >= 11 is 11.3. The van der Waals surface area contributed by atoms with Gasteiger partial charge in [-0.15, -0.1) is 0 Å². The van der Waals surface area contributed by atoms with E-state index in [9.17, 15) is 0 Å². The average Bonchev–Trinajstić information content (AvgIpc) is 2.35. The third-order valence-electron chi connectivity index (χ3n) is 4.09. The second-order valence-electron chi connectivity index (χ2n) is 7.06. The second kappa shape index (κ2) is 6.97. The van der Waals surface area contributed by atoms with E-state index in [-0.39, 0.29) is 0 Å². The minimum atomic E-state index is 0.404. The van der Waals surface area contributed by atoms with E-state index in [2.05, 4.69) is 31.4 Å². The Hall–Kier alpha value is -0.800. The van der Waals surface area contributed by atoms with Crippen LogP contribution in [0, 0.1) is 11.3 Å². The third-order valence-corrected chi connectivity index (χ3v) is 4.60. The van der Waals surface area contributed by atoms with Crippen molar-refractivity contribution in [3.05, 3.63) is 34.9 Å². The van der Waals surface area contributed by atoms with Gasteiger partial charge in [0, 0.05) is 17.6 Å². The summed E-state index contributed by atoms with van der Waals surface area (Å²) in [7, 11) is 0. The summed E-state index contributed by atoms with van der Waals surface area (Å²) in [4.78, 5) is 0. The summed E-state index contributed by atoms with van der Waals surface area (Å²) in [5.74, 6) is 0.755. The summed E-state index contributed by atoms with van der Waals surface area (Å²) in [6.45, 7) is 7.76. The number of rotatable bonds is 3. The molecule has 1 aliphatic carbocycles. The maximum absolute atomic E-state index is 5.89. The predicted molar refractivity (Wildman–Crippen MR) is 94.6 cm³/mol. The molecule has 116 valence electrons. The lowest BCUT2D eigenvalue weighted by molar-refractivity contribution is 0.161. The van der Waals surface area contributed by atoms with Crippen LogP contribution in [0.2, 0.25) is 5.02 Å². The number of halogens is 1. The van der Waals surface area contributed by atoms with Crippen molar-refractivity contribution in [3.8, 4) is 0 Å². The van der Waals surface area contributed by atoms with Gasteiger partial charge < -0.3 is 10.6 Å². The lowest BCUT2D eigenvalue weighted by Crippen LogP contribution is -2.46. The smallest absolute Gasteiger partial charge is 0.166 e. The molecule has 1 fully saturated rings. The topological polar surface area (TPSA) is 24.1 Å². The zero-order valence-electron chi connectivity index (χ0n) is 13.1. The Balaban J connectivity index is 1.80. The molecule has 0 amide bonds. The van der Waals surface area contributed by atoms with Gasteiger partial charge in [-0.05, 0) is 60.5 Å². The molecule has 0 spiro atoms. The maximum atomic E-state index is 5.89. The highest BCUT2D eigenvalue weighted by molar-refractivity contribution is 7.80. The molecule has 0 heterocycles. The van der Waals surface area contributed by atoms with Crippen LogP contribution in [0.15, 0.2) is 24.3 Å². The molecule has 2 nitrogen and oxygen atoms in total. The van der Waals surface area contributed by atoms with Gasteiger partial charge in [0.05, 0.1) is 0 Å². The van der Waals surface area contributed by atoms with E-state index in [1.807, 2.05) is 24.3 Å². The van der Waals surface area contributed by atoms with Crippen molar-refractivity contribution < 1.29 is 0 Å². The second-order valence-corrected chi connectivity index (χ2v) is 7.91. The fourth-order valence-corrected chi connectivity index (χ4v) is 3.84. The number of thiocarbonyl (C=S) groups is 1. The Morgan fingerprint density at radius 3 is 2.57 bits per heavy atom. The molecular weight excluding hydrogens is 300 g/mol. The van der Waals surface area contributed by atoms with E-state index < -0.39 is 0 Å². The summed E-state index contributed by atoms with van der Waals surface area (Å²) in [6.07, 6.45) is 3.68. The molecule has 2 atom stereocenters. The Morgan fingerprint density at radius 1 is 1.29 bits per heavy atom. The molecule has 1 saturated carbocycles. The maximum Gasteiger partial charge on any atom is 0.166 e. The van der Waals surface area contributed by atoms with Crippen LogP contribution >= 0.6 is 23.8 Å². The Labute approximate surface area is 138 Å². The molecule has 1 aliphatic rings. The quantitative estimate of drug-likeness (QED) is 0.799. The van der Waals surface area contributed by atoms with Crippen molar-refractivity contribution in [2.75, 3.05) is 0 Å². The molecule has 2 N–H and O–H groups in total. The highest BCUT2D eigenvalue weighted by Crippen LogP contribution is 2.38. The van der Waals surface area contributed by atoms with Crippen molar-refractivity contribution in [1.29, 1.82) is 0 Å². The Kier molecular flexibility index (Phi) is 5.50. The van der Waals surface area contributed by atoms with Crippen molar-refractivity contribution in [3.63, 3.8) is 0 Å². The number of benzene rings is 1. The lowest BCUT2D eigenvalue weighted by atomic mass is 9.71. The van der Waals surface area contributed by atoms with Gasteiger partial charge in [-0.3, -0.25) is 0 Å². The molecule has 0 aliphatic heterocycles. The lowest BCUT2D eigenvalue weighted by Gasteiger charge is -2.39. The highest BCUT2D eigenvalue weighted by atomic mass is 35.5. The van der Waals surface area contributed by atoms with Crippen LogP contribution in [0.4, 0.5) is 0 Å². The summed E-state index contributed by atoms with van der Waals surface area (Å²) in [5.41, 5.74) is 1.59. The van der Waals surface area contributed by atoms with Gasteiger partial charge in [0.15, 0.2) is 5.11 Å². The van der Waals surface area contributed by atoms with E-state index >= 15 is 0 Å². The Bertz CT molecular complexity index is 484. The molecular formula is C17H25ClN2S. The molecule has 0 aromatic heterocycles. The van der Waals surface area contributed by atoms with Gasteiger partial charge in [-0.2, -0.15) is 0 Å². The van der Waals surface area contributed by atoms with E-state index in [4.69, 9.17) is 23.8 Å². The number of hydrogen-bond donors (Lipinski definition) is 2. The van der Waals surface area contributed by atoms with Crippen LogP contribution in [0.3, 0.4) is 0 Å². The van der Waals surface area contributed by atoms with E-state index in [0.29, 0.717) is 11.5 Å². The van der Waals surface area contributed by atoms with Gasteiger partial charge >= 0.3 is 0 Å². The van der Waals surface area contributed by atoms with Crippen molar-refractivity contribution in [1.82, 2.24) is 10.6 Å². The molecule has 2 rings (SSSR count). The van der Waals surface area contributed by atoms with Crippen LogP contribution in [0.1, 0.15) is 45.6 Å². The standard InChI is InChI=1S/C17H25ClN2S/c1-12-8-15(10-17(2,3)9-12)20-16(21)19-11-13-4-6-14(18)7-5-13/h4-7,12,15H,8-11H2,1-3H3,(H2,19,20,21). The molecule has 2 unspecified atom stereocenters. The van der Waals surface area contributed by atoms with Crippen LogP contribution in [-0.4, -0.2) is 11.2 Å². The minimum absolute atomic E-state index is 0.404. The molecule has 1 aromatic carbocycles. The summed E-state index contributed by atoms with van der Waals surface area (Å²) < 4.78 is 0. The van der Waals surface area contributed by atoms with Gasteiger partial charge in [-0.25, -0.2) is 0 Å². The van der Waals surface area contributed by atoms with Crippen LogP contribution in [0.25, 0.3) is 0 Å². The van der Waals surface area contributed by atoms with Gasteiger partial charge in [-0.1, -0.05) is 44.5 Å². The van der Waals surface area contributed by atoms with Gasteiger partial charge in [0.25, 0.3) is 0 Å². The van der Waals surface area contributed by atoms with E-state index in [1.54, 1.807) is 0 Å². The first-order valence-electron chi connectivity index (χ1n) is 7.63. The van der Waals surface area contributed by atoms with E-state index in [0.717, 1.165) is 22.6 Å². The first-order valence-corrected chi connectivity index (χ1v) is 8.41. The normalized spacial score (nSPS) is 24.4. The zero-order chi connectivity index (χ0) is 15.5. The third kappa shape index (κ3) is 5.48. The Morgan fingerprint density at radius 2 is 1.95 bits per heavy atom. The van der Waals surface area contributed by atoms with Crippen LogP contribution in [0.5, 0.6) is 0 Å². The average molecular weight is 325 g/mol. The minimum Gasteiger partial charge on any atom is -0.360 e. The largest absolute Gasteiger partial charge is 0.360 e. The molecule has 0 saturated heterocycles. The SMILES string of the molecule is CC1CC(NC(=S)NCc2ccc(Cl)cc2)CC(C)(C)C1. The molecule has 0 bridgehead atoms. The van der Waals surface area contributed by atoms with Crippen molar-refractivity contribution >= 4 is 28.9 Å². The predicted octanol–water partition coefficient (Wildman–Crippen LogP) is 4.52. The molecule has 4 heteroatoms. The summed E-state index contributed by atoms with van der Waals surface area (Å²) in [6, 6.07) is 8.32. The van der Waals surface area contributed by atoms with Gasteiger partial charge in [0.2, 0.25) is 0 Å². The highest BCUT2D eigenvalue weighted by Gasteiger charge is 2.32. The fraction of sp³-hybridized carbons (Fsp3) is 0.588. The molecule has 0 radical (unpaired) electrons. The van der Waals surface area contributed by atoms with Crippen molar-refractivity contribution in [2.45, 2.75) is 52.6 Å². The van der Waals surface area contributed by atoms with Gasteiger partial charge in [0.1, 0.15) is 0 Å². The molecule has 1 aromatic rings. The number of hydrogen-bond acceptors (Lipinski definition) is 1. The van der Waals surface area contributed by atoms with Crippen molar-refractivity contribution in [2.24, 2.45) is 11.3 Å². The molecule has 21 heavy (non-hydrogen) atoms. The zero-order valence-corrected chi connectivity index (χ0v) is 14.7. The number of nitrogens with one attached hydrogen (secondary N) is 2.